The van der Waals surface area contributed by atoms with Gasteiger partial charge in [0.1, 0.15) is 5.82 Å². The predicted molar refractivity (Wildman–Crippen MR) is 76.5 cm³/mol. The lowest BCUT2D eigenvalue weighted by Gasteiger charge is -2.27. The van der Waals surface area contributed by atoms with Crippen molar-refractivity contribution in [2.24, 2.45) is 5.92 Å². The number of fused-ring (bicyclic) bond motifs is 2. The molecule has 0 radical (unpaired) electrons. The fourth-order valence-corrected chi connectivity index (χ4v) is 3.35. The van der Waals surface area contributed by atoms with Gasteiger partial charge in [-0.3, -0.25) is 4.79 Å². The molecule has 4 nitrogen and oxygen atoms in total. The van der Waals surface area contributed by atoms with Gasteiger partial charge in [-0.1, -0.05) is 18.2 Å². The van der Waals surface area contributed by atoms with Crippen LogP contribution < -0.4 is 4.90 Å². The lowest BCUT2D eigenvalue weighted by atomic mass is 9.96. The summed E-state index contributed by atoms with van der Waals surface area (Å²) in [6, 6.07) is 8.24. The maximum atomic E-state index is 12.8. The van der Waals surface area contributed by atoms with Crippen LogP contribution in [-0.2, 0) is 24.2 Å². The molecule has 1 amide bonds. The molecule has 3 heterocycles. The zero-order valence-corrected chi connectivity index (χ0v) is 11.3. The first kappa shape index (κ1) is 11.7. The van der Waals surface area contributed by atoms with Crippen molar-refractivity contribution in [3.8, 4) is 0 Å². The first-order valence-corrected chi connectivity index (χ1v) is 7.22. The van der Waals surface area contributed by atoms with E-state index in [-0.39, 0.29) is 11.8 Å². The summed E-state index contributed by atoms with van der Waals surface area (Å²) in [6.45, 7) is 1.73. The van der Waals surface area contributed by atoms with Gasteiger partial charge in [-0.25, -0.2) is 4.98 Å². The van der Waals surface area contributed by atoms with Crippen molar-refractivity contribution in [3.63, 3.8) is 0 Å². The van der Waals surface area contributed by atoms with Gasteiger partial charge in [-0.05, 0) is 24.5 Å². The Morgan fingerprint density at radius 3 is 3.10 bits per heavy atom. The zero-order chi connectivity index (χ0) is 13.5. The van der Waals surface area contributed by atoms with Gasteiger partial charge >= 0.3 is 0 Å². The summed E-state index contributed by atoms with van der Waals surface area (Å²) < 4.78 is 2.15. The van der Waals surface area contributed by atoms with Gasteiger partial charge in [0, 0.05) is 43.5 Å². The first-order valence-electron chi connectivity index (χ1n) is 7.22. The van der Waals surface area contributed by atoms with Crippen molar-refractivity contribution in [1.82, 2.24) is 9.55 Å². The Hall–Kier alpha value is -2.10. The molecule has 102 valence electrons. The molecule has 2 aliphatic heterocycles. The molecule has 2 aromatic rings. The maximum Gasteiger partial charge on any atom is 0.230 e. The monoisotopic (exact) mass is 267 g/mol. The molecule has 0 N–H and O–H groups in total. The van der Waals surface area contributed by atoms with Crippen LogP contribution in [0.1, 0.15) is 17.8 Å². The van der Waals surface area contributed by atoms with Gasteiger partial charge in [0.05, 0.1) is 0 Å². The quantitative estimate of drug-likeness (QED) is 0.793. The van der Waals surface area contributed by atoms with Gasteiger partial charge < -0.3 is 9.47 Å². The number of anilines is 1. The first-order chi connectivity index (χ1) is 9.83. The minimum atomic E-state index is 0.0797. The molecule has 1 atom stereocenters. The van der Waals surface area contributed by atoms with Crippen LogP contribution in [0.15, 0.2) is 36.7 Å². The minimum absolute atomic E-state index is 0.0797. The number of amides is 1. The molecule has 0 saturated carbocycles. The third-order valence-corrected chi connectivity index (χ3v) is 4.45. The molecule has 0 fully saturated rings. The number of para-hydroxylation sites is 1. The van der Waals surface area contributed by atoms with Crippen LogP contribution in [0.2, 0.25) is 0 Å². The van der Waals surface area contributed by atoms with Crippen molar-refractivity contribution in [2.75, 3.05) is 11.4 Å². The molecule has 1 unspecified atom stereocenters. The minimum Gasteiger partial charge on any atom is -0.335 e. The van der Waals surface area contributed by atoms with Crippen molar-refractivity contribution < 1.29 is 4.79 Å². The number of aromatic nitrogens is 2. The summed E-state index contributed by atoms with van der Waals surface area (Å²) >= 11 is 0. The average Bonchev–Trinajstić information content (AvgIpc) is 3.12. The Labute approximate surface area is 118 Å². The van der Waals surface area contributed by atoms with Crippen LogP contribution in [-0.4, -0.2) is 22.0 Å². The topological polar surface area (TPSA) is 38.1 Å². The van der Waals surface area contributed by atoms with Crippen LogP contribution in [0.3, 0.4) is 0 Å². The highest BCUT2D eigenvalue weighted by molar-refractivity contribution is 5.97. The van der Waals surface area contributed by atoms with Crippen molar-refractivity contribution in [2.45, 2.75) is 25.8 Å². The number of carbonyl (C=O) groups is 1. The molecule has 0 saturated heterocycles. The number of nitrogens with zero attached hydrogens (tertiary/aromatic N) is 3. The molecule has 20 heavy (non-hydrogen) atoms. The maximum absolute atomic E-state index is 12.8. The molecule has 0 spiro atoms. The zero-order valence-electron chi connectivity index (χ0n) is 11.3. The predicted octanol–water partition coefficient (Wildman–Crippen LogP) is 2.03. The van der Waals surface area contributed by atoms with E-state index in [1.54, 1.807) is 0 Å². The number of imidazole rings is 1. The van der Waals surface area contributed by atoms with Crippen LogP contribution >= 0.6 is 0 Å². The van der Waals surface area contributed by atoms with Crippen molar-refractivity contribution in [1.29, 1.82) is 0 Å². The van der Waals surface area contributed by atoms with E-state index in [2.05, 4.69) is 21.7 Å². The lowest BCUT2D eigenvalue weighted by molar-refractivity contribution is -0.122. The summed E-state index contributed by atoms with van der Waals surface area (Å²) in [4.78, 5) is 19.1. The van der Waals surface area contributed by atoms with Gasteiger partial charge in [-0.2, -0.15) is 0 Å². The normalized spacial score (nSPS) is 20.6. The van der Waals surface area contributed by atoms with E-state index in [1.807, 2.05) is 29.4 Å². The fraction of sp³-hybridized carbons (Fsp3) is 0.375. The standard InChI is InChI=1S/C16H17N3O/c20-16(13-5-8-18-10-7-17-15(18)11-13)19-9-6-12-3-1-2-4-14(12)19/h1-4,7,10,13H,5-6,8-9,11H2. The number of hydrogen-bond donors (Lipinski definition) is 0. The molecule has 1 aromatic carbocycles. The van der Waals surface area contributed by atoms with E-state index >= 15 is 0 Å². The third kappa shape index (κ3) is 1.75. The SMILES string of the molecule is O=C(C1CCn2ccnc2C1)N1CCc2ccccc21. The van der Waals surface area contributed by atoms with Crippen LogP contribution in [0.25, 0.3) is 0 Å². The molecule has 2 aliphatic rings. The van der Waals surface area contributed by atoms with Gasteiger partial charge in [0.15, 0.2) is 0 Å². The Morgan fingerprint density at radius 1 is 1.25 bits per heavy atom. The Bertz CT molecular complexity index is 661. The van der Waals surface area contributed by atoms with Gasteiger partial charge in [0.2, 0.25) is 5.91 Å². The van der Waals surface area contributed by atoms with E-state index in [9.17, 15) is 4.79 Å². The fourth-order valence-electron chi connectivity index (χ4n) is 3.35. The second-order valence-electron chi connectivity index (χ2n) is 5.60. The van der Waals surface area contributed by atoms with E-state index < -0.39 is 0 Å². The van der Waals surface area contributed by atoms with E-state index in [1.165, 1.54) is 5.56 Å². The Kier molecular flexibility index (Phi) is 2.62. The van der Waals surface area contributed by atoms with Crippen molar-refractivity contribution >= 4 is 11.6 Å². The highest BCUT2D eigenvalue weighted by atomic mass is 16.2. The Balaban J connectivity index is 1.58. The largest absolute Gasteiger partial charge is 0.335 e. The lowest BCUT2D eigenvalue weighted by Crippen LogP contribution is -2.38. The van der Waals surface area contributed by atoms with E-state index in [0.29, 0.717) is 0 Å². The molecule has 4 rings (SSSR count). The molecular formula is C16H17N3O. The number of benzene rings is 1. The van der Waals surface area contributed by atoms with Crippen LogP contribution in [0, 0.1) is 5.92 Å². The van der Waals surface area contributed by atoms with Crippen molar-refractivity contribution in [3.05, 3.63) is 48.0 Å². The molecule has 0 bridgehead atoms. The number of carbonyl (C=O) groups excluding carboxylic acids is 1. The molecular weight excluding hydrogens is 250 g/mol. The molecule has 4 heteroatoms. The highest BCUT2D eigenvalue weighted by Crippen LogP contribution is 2.31. The molecule has 0 aliphatic carbocycles. The highest BCUT2D eigenvalue weighted by Gasteiger charge is 2.32. The summed E-state index contributed by atoms with van der Waals surface area (Å²) in [5.41, 5.74) is 2.39. The van der Waals surface area contributed by atoms with Gasteiger partial charge in [-0.15, -0.1) is 0 Å². The van der Waals surface area contributed by atoms with Crippen LogP contribution in [0.5, 0.6) is 0 Å². The second-order valence-corrected chi connectivity index (χ2v) is 5.60. The van der Waals surface area contributed by atoms with Gasteiger partial charge in [0.25, 0.3) is 0 Å². The average molecular weight is 267 g/mol. The van der Waals surface area contributed by atoms with E-state index in [4.69, 9.17) is 0 Å². The summed E-state index contributed by atoms with van der Waals surface area (Å²) in [5, 5.41) is 0. The smallest absolute Gasteiger partial charge is 0.230 e. The number of rotatable bonds is 1. The second kappa shape index (κ2) is 4.47. The summed E-state index contributed by atoms with van der Waals surface area (Å²) in [5.74, 6) is 1.39. The third-order valence-electron chi connectivity index (χ3n) is 4.45. The summed E-state index contributed by atoms with van der Waals surface area (Å²) in [7, 11) is 0. The molecule has 1 aromatic heterocycles. The van der Waals surface area contributed by atoms with E-state index in [0.717, 1.165) is 43.9 Å². The number of aryl methyl sites for hydroxylation is 1. The number of hydrogen-bond acceptors (Lipinski definition) is 2. The van der Waals surface area contributed by atoms with Crippen LogP contribution in [0.4, 0.5) is 5.69 Å². The Morgan fingerprint density at radius 2 is 2.15 bits per heavy atom. The summed E-state index contributed by atoms with van der Waals surface area (Å²) in [6.07, 6.45) is 6.49.